The lowest BCUT2D eigenvalue weighted by Crippen LogP contribution is -2.28. The van der Waals surface area contributed by atoms with Crippen molar-refractivity contribution in [3.8, 4) is 22.8 Å². The van der Waals surface area contributed by atoms with Crippen LogP contribution in [0.1, 0.15) is 13.8 Å². The maximum absolute atomic E-state index is 12.5. The Hall–Kier alpha value is -2.88. The van der Waals surface area contributed by atoms with Crippen LogP contribution in [0.15, 0.2) is 52.7 Å². The highest BCUT2D eigenvalue weighted by molar-refractivity contribution is 7.89. The molecule has 184 valence electrons. The minimum absolute atomic E-state index is 0.132. The van der Waals surface area contributed by atoms with Gasteiger partial charge in [-0.05, 0) is 56.3 Å². The molecule has 0 radical (unpaired) electrons. The van der Waals surface area contributed by atoms with Gasteiger partial charge in [0.25, 0.3) is 0 Å². The van der Waals surface area contributed by atoms with Crippen molar-refractivity contribution in [2.45, 2.75) is 30.4 Å². The summed E-state index contributed by atoms with van der Waals surface area (Å²) in [5.41, 5.74) is -4.34. The van der Waals surface area contributed by atoms with Crippen LogP contribution in [0.5, 0.6) is 11.5 Å². The molecule has 0 aliphatic carbocycles. The summed E-state index contributed by atoms with van der Waals surface area (Å²) in [6.07, 6.45) is -0.199. The van der Waals surface area contributed by atoms with E-state index in [0.717, 1.165) is 23.5 Å². The average Bonchev–Trinajstić information content (AvgIpc) is 3.16. The van der Waals surface area contributed by atoms with Gasteiger partial charge in [-0.3, -0.25) is 0 Å². The van der Waals surface area contributed by atoms with E-state index in [2.05, 4.69) is 14.5 Å². The number of nitrogens with two attached hydrogens (primary N) is 1. The van der Waals surface area contributed by atoms with Crippen LogP contribution < -0.4 is 19.4 Å². The fourth-order valence-corrected chi connectivity index (χ4v) is 4.31. The van der Waals surface area contributed by atoms with Crippen LogP contribution in [0.2, 0.25) is 0 Å². The van der Waals surface area contributed by atoms with Crippen molar-refractivity contribution in [3.63, 3.8) is 0 Å². The van der Waals surface area contributed by atoms with Gasteiger partial charge in [0.05, 0.1) is 22.4 Å². The number of alkyl halides is 3. The van der Waals surface area contributed by atoms with Gasteiger partial charge in [0, 0.05) is 10.9 Å². The van der Waals surface area contributed by atoms with Crippen molar-refractivity contribution >= 4 is 42.3 Å². The van der Waals surface area contributed by atoms with Gasteiger partial charge in [0.15, 0.2) is 5.13 Å². The minimum Gasteiger partial charge on any atom is -0.489 e. The number of thiazole rings is 1. The Labute approximate surface area is 197 Å². The second kappa shape index (κ2) is 9.40. The van der Waals surface area contributed by atoms with Crippen LogP contribution in [0.3, 0.4) is 0 Å². The zero-order valence-electron chi connectivity index (χ0n) is 17.5. The van der Waals surface area contributed by atoms with E-state index in [1.807, 2.05) is 0 Å². The standard InChI is InChI=1S/C19H18F3N3O6S3/c1-11(2)30-17-8-7-14(33(23,26)27)9-15(17)24-18-25-16(10-32-18)12-3-5-13(6-4-12)31-34(28,29)19(20,21)22/h3-11H,1-2H3,(H,24,25)(H2,23,26,27). The number of nitrogens with one attached hydrogen (secondary N) is 1. The largest absolute Gasteiger partial charge is 0.534 e. The van der Waals surface area contributed by atoms with Crippen LogP contribution in [-0.4, -0.2) is 33.4 Å². The quantitative estimate of drug-likeness (QED) is 0.322. The molecule has 1 aromatic heterocycles. The summed E-state index contributed by atoms with van der Waals surface area (Å²) in [7, 11) is -9.74. The van der Waals surface area contributed by atoms with Crippen molar-refractivity contribution in [2.24, 2.45) is 5.14 Å². The van der Waals surface area contributed by atoms with Crippen LogP contribution >= 0.6 is 11.3 Å². The van der Waals surface area contributed by atoms with Crippen molar-refractivity contribution in [3.05, 3.63) is 47.8 Å². The van der Waals surface area contributed by atoms with Crippen LogP contribution in [-0.2, 0) is 20.1 Å². The Morgan fingerprint density at radius 3 is 2.26 bits per heavy atom. The number of ether oxygens (including phenoxy) is 1. The molecular formula is C19H18F3N3O6S3. The van der Waals surface area contributed by atoms with Crippen molar-refractivity contribution < 1.29 is 38.9 Å². The fraction of sp³-hybridized carbons (Fsp3) is 0.211. The zero-order valence-corrected chi connectivity index (χ0v) is 20.0. The highest BCUT2D eigenvalue weighted by Crippen LogP contribution is 2.34. The molecule has 0 aliphatic rings. The van der Waals surface area contributed by atoms with Gasteiger partial charge in [-0.2, -0.15) is 21.6 Å². The molecule has 0 bridgehead atoms. The van der Waals surface area contributed by atoms with E-state index in [9.17, 15) is 30.0 Å². The lowest BCUT2D eigenvalue weighted by atomic mass is 10.2. The fourth-order valence-electron chi connectivity index (χ4n) is 2.57. The molecule has 0 atom stereocenters. The normalized spacial score (nSPS) is 12.6. The maximum Gasteiger partial charge on any atom is 0.534 e. The SMILES string of the molecule is CC(C)Oc1ccc(S(N)(=O)=O)cc1Nc1nc(-c2ccc(OS(=O)(=O)C(F)(F)F)cc2)cs1. The Morgan fingerprint density at radius 1 is 1.06 bits per heavy atom. The maximum atomic E-state index is 12.5. The number of primary sulfonamides is 1. The molecule has 9 nitrogen and oxygen atoms in total. The van der Waals surface area contributed by atoms with Crippen molar-refractivity contribution in [2.75, 3.05) is 5.32 Å². The molecule has 15 heteroatoms. The van der Waals surface area contributed by atoms with Gasteiger partial charge in [-0.1, -0.05) is 0 Å². The first-order valence-electron chi connectivity index (χ1n) is 9.33. The lowest BCUT2D eigenvalue weighted by Gasteiger charge is -2.15. The predicted octanol–water partition coefficient (Wildman–Crippen LogP) is 4.22. The topological polar surface area (TPSA) is 138 Å². The molecule has 0 saturated heterocycles. The van der Waals surface area contributed by atoms with Gasteiger partial charge >= 0.3 is 15.6 Å². The van der Waals surface area contributed by atoms with E-state index in [-0.39, 0.29) is 11.0 Å². The van der Waals surface area contributed by atoms with Crippen LogP contribution in [0.4, 0.5) is 24.0 Å². The Kier molecular flexibility index (Phi) is 7.12. The second-order valence-corrected chi connectivity index (χ2v) is 11.0. The first kappa shape index (κ1) is 25.7. The average molecular weight is 538 g/mol. The number of aromatic nitrogens is 1. The summed E-state index contributed by atoms with van der Waals surface area (Å²) in [4.78, 5) is 4.23. The molecule has 3 N–H and O–H groups in total. The molecule has 0 saturated carbocycles. The van der Waals surface area contributed by atoms with Gasteiger partial charge in [-0.25, -0.2) is 18.5 Å². The highest BCUT2D eigenvalue weighted by atomic mass is 32.2. The first-order chi connectivity index (χ1) is 15.7. The summed E-state index contributed by atoms with van der Waals surface area (Å²) in [6.45, 7) is 3.60. The van der Waals surface area contributed by atoms with Crippen LogP contribution in [0, 0.1) is 0 Å². The molecule has 0 amide bonds. The van der Waals surface area contributed by atoms with Gasteiger partial charge in [0.1, 0.15) is 11.5 Å². The molecule has 0 aliphatic heterocycles. The molecule has 0 unspecified atom stereocenters. The number of sulfonamides is 1. The van der Waals surface area contributed by atoms with E-state index in [1.165, 1.54) is 30.3 Å². The molecular weight excluding hydrogens is 519 g/mol. The van der Waals surface area contributed by atoms with E-state index in [0.29, 0.717) is 27.8 Å². The summed E-state index contributed by atoms with van der Waals surface area (Å²) in [5.74, 6) is -0.142. The number of rotatable bonds is 8. The second-order valence-electron chi connectivity index (χ2n) is 7.04. The smallest absolute Gasteiger partial charge is 0.489 e. The number of nitrogens with zero attached hydrogens (tertiary/aromatic N) is 1. The molecule has 34 heavy (non-hydrogen) atoms. The molecule has 1 heterocycles. The van der Waals surface area contributed by atoms with Gasteiger partial charge in [-0.15, -0.1) is 11.3 Å². The van der Waals surface area contributed by atoms with Gasteiger partial charge < -0.3 is 14.2 Å². The summed E-state index contributed by atoms with van der Waals surface area (Å²) in [6, 6.07) is 8.90. The Bertz CT molecular complexity index is 1390. The van der Waals surface area contributed by atoms with Crippen molar-refractivity contribution in [1.82, 2.24) is 4.98 Å². The summed E-state index contributed by atoms with van der Waals surface area (Å²) < 4.78 is 92.8. The molecule has 3 rings (SSSR count). The number of benzene rings is 2. The molecule has 2 aromatic carbocycles. The predicted molar refractivity (Wildman–Crippen MR) is 120 cm³/mol. The number of hydrogen-bond donors (Lipinski definition) is 2. The molecule has 0 spiro atoms. The molecule has 3 aromatic rings. The van der Waals surface area contributed by atoms with Crippen molar-refractivity contribution in [1.29, 1.82) is 0 Å². The lowest BCUT2D eigenvalue weighted by molar-refractivity contribution is -0.0500. The van der Waals surface area contributed by atoms with E-state index in [1.54, 1.807) is 19.2 Å². The minimum atomic E-state index is -5.77. The van der Waals surface area contributed by atoms with Gasteiger partial charge in [0.2, 0.25) is 10.0 Å². The number of anilines is 2. The van der Waals surface area contributed by atoms with Crippen LogP contribution in [0.25, 0.3) is 11.3 Å². The summed E-state index contributed by atoms with van der Waals surface area (Å²) in [5, 5.41) is 10.2. The Morgan fingerprint density at radius 2 is 1.71 bits per heavy atom. The molecule has 0 fully saturated rings. The van der Waals surface area contributed by atoms with E-state index >= 15 is 0 Å². The number of halogens is 3. The zero-order chi connectivity index (χ0) is 25.3. The first-order valence-corrected chi connectivity index (χ1v) is 13.2. The third kappa shape index (κ3) is 6.16. The van der Waals surface area contributed by atoms with E-state index < -0.39 is 31.4 Å². The van der Waals surface area contributed by atoms with E-state index in [4.69, 9.17) is 9.88 Å². The monoisotopic (exact) mass is 537 g/mol. The number of hydrogen-bond acceptors (Lipinski definition) is 9. The Balaban J connectivity index is 1.83. The highest BCUT2D eigenvalue weighted by Gasteiger charge is 2.48. The third-order valence-corrected chi connectivity index (χ3v) is 6.68. The third-order valence-electron chi connectivity index (χ3n) is 4.03. The summed E-state index contributed by atoms with van der Waals surface area (Å²) >= 11 is 1.16.